The zero-order valence-corrected chi connectivity index (χ0v) is 17.3. The molecule has 0 saturated heterocycles. The molecule has 0 radical (unpaired) electrons. The van der Waals surface area contributed by atoms with Crippen LogP contribution in [-0.2, 0) is 14.3 Å². The van der Waals surface area contributed by atoms with E-state index in [1.54, 1.807) is 12.3 Å². The van der Waals surface area contributed by atoms with Crippen LogP contribution in [0.25, 0.3) is 11.1 Å². The van der Waals surface area contributed by atoms with Crippen LogP contribution >= 0.6 is 11.3 Å². The van der Waals surface area contributed by atoms with Gasteiger partial charge in [-0.3, -0.25) is 9.78 Å². The highest BCUT2D eigenvalue weighted by molar-refractivity contribution is 7.15. The number of nitrogens with zero attached hydrogens (tertiary/aromatic N) is 1. The second kappa shape index (κ2) is 9.80. The van der Waals surface area contributed by atoms with Crippen molar-refractivity contribution in [3.63, 3.8) is 0 Å². The van der Waals surface area contributed by atoms with E-state index in [1.807, 2.05) is 30.3 Å². The molecule has 1 aromatic carbocycles. The van der Waals surface area contributed by atoms with Crippen LogP contribution in [0.3, 0.4) is 0 Å². The number of ether oxygens (including phenoxy) is 2. The van der Waals surface area contributed by atoms with E-state index in [0.29, 0.717) is 16.1 Å². The minimum atomic E-state index is -1.07. The number of esters is 2. The Kier molecular flexibility index (Phi) is 6.92. The van der Waals surface area contributed by atoms with Gasteiger partial charge in [-0.15, -0.1) is 11.3 Å². The molecule has 7 nitrogen and oxygen atoms in total. The van der Waals surface area contributed by atoms with Gasteiger partial charge in [0.15, 0.2) is 6.10 Å². The number of amides is 1. The normalized spacial score (nSPS) is 11.4. The average Bonchev–Trinajstić information content (AvgIpc) is 3.18. The summed E-state index contributed by atoms with van der Waals surface area (Å²) >= 11 is 1.20. The number of nitrogens with one attached hydrogen (secondary N) is 1. The van der Waals surface area contributed by atoms with Crippen LogP contribution in [0.1, 0.15) is 34.6 Å². The maximum Gasteiger partial charge on any atom is 0.341 e. The van der Waals surface area contributed by atoms with Crippen molar-refractivity contribution in [1.29, 1.82) is 0 Å². The van der Waals surface area contributed by atoms with Gasteiger partial charge < -0.3 is 14.8 Å². The lowest BCUT2D eigenvalue weighted by Crippen LogP contribution is -2.30. The molecule has 0 unspecified atom stereocenters. The summed E-state index contributed by atoms with van der Waals surface area (Å²) in [5, 5.41) is 4.81. The summed E-state index contributed by atoms with van der Waals surface area (Å²) in [7, 11) is 0. The van der Waals surface area contributed by atoms with Crippen molar-refractivity contribution < 1.29 is 23.9 Å². The lowest BCUT2D eigenvalue weighted by Gasteiger charge is -2.14. The topological polar surface area (TPSA) is 94.6 Å². The van der Waals surface area contributed by atoms with Gasteiger partial charge in [0.25, 0.3) is 5.91 Å². The molecule has 2 aromatic heterocycles. The minimum Gasteiger partial charge on any atom is -0.462 e. The molecule has 0 aliphatic carbocycles. The van der Waals surface area contributed by atoms with Crippen LogP contribution < -0.4 is 5.32 Å². The van der Waals surface area contributed by atoms with Gasteiger partial charge in [-0.2, -0.15) is 0 Å². The number of carbonyl (C=O) groups is 3. The standard InChI is InChI=1S/C22H20N2O5S/c1-3-28-22(27)18-17(15-7-5-4-6-8-15)13-30-20(18)24-19(25)14(2)29-21(26)16-9-11-23-12-10-16/h4-14H,3H2,1-2H3,(H,24,25)/t14-/m1/s1. The second-order valence-corrected chi connectivity index (χ2v) is 7.09. The Morgan fingerprint density at radius 2 is 1.77 bits per heavy atom. The monoisotopic (exact) mass is 424 g/mol. The summed E-state index contributed by atoms with van der Waals surface area (Å²) in [6, 6.07) is 12.3. The Labute approximate surface area is 177 Å². The van der Waals surface area contributed by atoms with Crippen LogP contribution in [0, 0.1) is 0 Å². The molecule has 1 amide bonds. The number of benzene rings is 1. The highest BCUT2D eigenvalue weighted by atomic mass is 32.1. The summed E-state index contributed by atoms with van der Waals surface area (Å²) in [6.45, 7) is 3.38. The molecule has 3 rings (SSSR count). The number of aromatic nitrogens is 1. The Bertz CT molecular complexity index is 1030. The van der Waals surface area contributed by atoms with Crippen molar-refractivity contribution in [3.05, 3.63) is 71.4 Å². The number of hydrogen-bond donors (Lipinski definition) is 1. The summed E-state index contributed by atoms with van der Waals surface area (Å²) in [5.41, 5.74) is 2.05. The van der Waals surface area contributed by atoms with Gasteiger partial charge in [0.1, 0.15) is 10.6 Å². The SMILES string of the molecule is CCOC(=O)c1c(-c2ccccc2)csc1NC(=O)[C@@H](C)OC(=O)c1ccncc1. The van der Waals surface area contributed by atoms with Crippen LogP contribution in [0.5, 0.6) is 0 Å². The second-order valence-electron chi connectivity index (χ2n) is 6.21. The molecule has 154 valence electrons. The van der Waals surface area contributed by atoms with E-state index in [9.17, 15) is 14.4 Å². The fraction of sp³-hybridized carbons (Fsp3) is 0.182. The Morgan fingerprint density at radius 3 is 2.43 bits per heavy atom. The van der Waals surface area contributed by atoms with E-state index in [-0.39, 0.29) is 12.2 Å². The predicted molar refractivity (Wildman–Crippen MR) is 113 cm³/mol. The highest BCUT2D eigenvalue weighted by Gasteiger charge is 2.25. The summed E-state index contributed by atoms with van der Waals surface area (Å²) in [6.07, 6.45) is 1.86. The number of carbonyl (C=O) groups excluding carboxylic acids is 3. The molecule has 0 fully saturated rings. The zero-order chi connectivity index (χ0) is 21.5. The van der Waals surface area contributed by atoms with Gasteiger partial charge in [-0.1, -0.05) is 30.3 Å². The average molecular weight is 424 g/mol. The van der Waals surface area contributed by atoms with Crippen molar-refractivity contribution in [3.8, 4) is 11.1 Å². The van der Waals surface area contributed by atoms with Crippen LogP contribution in [-0.4, -0.2) is 35.5 Å². The van der Waals surface area contributed by atoms with Crippen molar-refractivity contribution in [2.24, 2.45) is 0 Å². The third-order valence-electron chi connectivity index (χ3n) is 4.16. The molecular weight excluding hydrogens is 404 g/mol. The molecule has 1 atom stereocenters. The van der Waals surface area contributed by atoms with Gasteiger partial charge in [-0.25, -0.2) is 9.59 Å². The van der Waals surface area contributed by atoms with Gasteiger partial charge in [0, 0.05) is 23.3 Å². The van der Waals surface area contributed by atoms with E-state index >= 15 is 0 Å². The van der Waals surface area contributed by atoms with Crippen molar-refractivity contribution in [1.82, 2.24) is 4.98 Å². The Hall–Kier alpha value is -3.52. The molecule has 1 N–H and O–H groups in total. The first-order chi connectivity index (χ1) is 14.5. The summed E-state index contributed by atoms with van der Waals surface area (Å²) in [4.78, 5) is 41.2. The number of hydrogen-bond acceptors (Lipinski definition) is 7. The van der Waals surface area contributed by atoms with Gasteiger partial charge in [0.2, 0.25) is 0 Å². The molecule has 0 saturated carbocycles. The molecule has 0 aliphatic rings. The number of anilines is 1. The first kappa shape index (κ1) is 21.2. The maximum absolute atomic E-state index is 12.6. The summed E-state index contributed by atoms with van der Waals surface area (Å²) in [5.74, 6) is -1.72. The van der Waals surface area contributed by atoms with E-state index in [2.05, 4.69) is 10.3 Å². The van der Waals surface area contributed by atoms with Crippen molar-refractivity contribution in [2.45, 2.75) is 20.0 Å². The molecule has 2 heterocycles. The molecule has 0 aliphatic heterocycles. The van der Waals surface area contributed by atoms with Gasteiger partial charge in [0.05, 0.1) is 12.2 Å². The van der Waals surface area contributed by atoms with Gasteiger partial charge >= 0.3 is 11.9 Å². The lowest BCUT2D eigenvalue weighted by atomic mass is 10.0. The van der Waals surface area contributed by atoms with Crippen molar-refractivity contribution >= 4 is 34.2 Å². The van der Waals surface area contributed by atoms with Gasteiger partial charge in [-0.05, 0) is 31.5 Å². The first-order valence-electron chi connectivity index (χ1n) is 9.27. The smallest absolute Gasteiger partial charge is 0.341 e. The highest BCUT2D eigenvalue weighted by Crippen LogP contribution is 2.36. The van der Waals surface area contributed by atoms with E-state index in [0.717, 1.165) is 5.56 Å². The summed E-state index contributed by atoms with van der Waals surface area (Å²) < 4.78 is 10.4. The molecule has 0 bridgehead atoms. The number of rotatable bonds is 7. The fourth-order valence-corrected chi connectivity index (χ4v) is 3.63. The minimum absolute atomic E-state index is 0.205. The molecule has 0 spiro atoms. The number of thiophene rings is 1. The lowest BCUT2D eigenvalue weighted by molar-refractivity contribution is -0.123. The molecule has 3 aromatic rings. The van der Waals surface area contributed by atoms with Crippen LogP contribution in [0.15, 0.2) is 60.2 Å². The molecular formula is C22H20N2O5S. The Balaban J connectivity index is 1.80. The van der Waals surface area contributed by atoms with E-state index < -0.39 is 23.9 Å². The van der Waals surface area contributed by atoms with Crippen LogP contribution in [0.4, 0.5) is 5.00 Å². The zero-order valence-electron chi connectivity index (χ0n) is 16.5. The third-order valence-corrected chi connectivity index (χ3v) is 5.06. The van der Waals surface area contributed by atoms with Crippen molar-refractivity contribution in [2.75, 3.05) is 11.9 Å². The fourth-order valence-electron chi connectivity index (χ4n) is 2.67. The number of pyridine rings is 1. The maximum atomic E-state index is 12.6. The predicted octanol–water partition coefficient (Wildman–Crippen LogP) is 4.17. The molecule has 8 heteroatoms. The quantitative estimate of drug-likeness (QED) is 0.572. The van der Waals surface area contributed by atoms with E-state index in [4.69, 9.17) is 9.47 Å². The molecule has 30 heavy (non-hydrogen) atoms. The largest absolute Gasteiger partial charge is 0.462 e. The first-order valence-corrected chi connectivity index (χ1v) is 10.1. The Morgan fingerprint density at radius 1 is 1.07 bits per heavy atom. The van der Waals surface area contributed by atoms with Crippen LogP contribution in [0.2, 0.25) is 0 Å². The third kappa shape index (κ3) is 4.90. The van der Waals surface area contributed by atoms with E-state index in [1.165, 1.54) is 42.8 Å².